The summed E-state index contributed by atoms with van der Waals surface area (Å²) < 4.78 is 17.3. The number of likely N-dealkylation sites (N-methyl/N-ethyl adjacent to an activating group) is 1. The third-order valence-corrected chi connectivity index (χ3v) is 4.64. The van der Waals surface area contributed by atoms with Crippen molar-refractivity contribution >= 4 is 18.4 Å². The normalized spacial score (nSPS) is 19.5. The Morgan fingerprint density at radius 1 is 1.18 bits per heavy atom. The molecule has 0 spiro atoms. The number of nitrogens with zero attached hydrogens (tertiary/aromatic N) is 2. The van der Waals surface area contributed by atoms with Gasteiger partial charge in [-0.1, -0.05) is 6.07 Å². The van der Waals surface area contributed by atoms with E-state index in [0.717, 1.165) is 23.5 Å². The minimum atomic E-state index is -0.365. The van der Waals surface area contributed by atoms with Crippen molar-refractivity contribution in [3.05, 3.63) is 17.8 Å². The van der Waals surface area contributed by atoms with Crippen molar-refractivity contribution in [1.29, 1.82) is 0 Å². The number of hydrogen-bond acceptors (Lipinski definition) is 5. The molecular weight excluding hydrogens is 279 g/mol. The second-order valence-corrected chi connectivity index (χ2v) is 6.85. The second-order valence-electron chi connectivity index (χ2n) is 6.85. The highest BCUT2D eigenvalue weighted by Crippen LogP contribution is 2.36. The molecule has 0 aliphatic carbocycles. The summed E-state index contributed by atoms with van der Waals surface area (Å²) in [6, 6.07) is 4.05. The quantitative estimate of drug-likeness (QED) is 0.776. The molecule has 0 atom stereocenters. The average Bonchev–Trinajstić information content (AvgIpc) is 2.64. The maximum absolute atomic E-state index is 6.10. The van der Waals surface area contributed by atoms with Crippen molar-refractivity contribution in [2.75, 3.05) is 32.2 Å². The SMILES string of the molecule is COCCN(C)c1ccc(B2OC(C)(C)C(C)(C)O2)c(C)n1. The van der Waals surface area contributed by atoms with Crippen LogP contribution in [0.25, 0.3) is 0 Å². The van der Waals surface area contributed by atoms with Crippen LogP contribution in [-0.2, 0) is 14.0 Å². The van der Waals surface area contributed by atoms with Gasteiger partial charge in [-0.05, 0) is 40.7 Å². The fraction of sp³-hybridized carbons (Fsp3) is 0.688. The van der Waals surface area contributed by atoms with Gasteiger partial charge in [-0.15, -0.1) is 0 Å². The fourth-order valence-electron chi connectivity index (χ4n) is 2.33. The molecule has 2 rings (SSSR count). The van der Waals surface area contributed by atoms with Crippen molar-refractivity contribution in [2.24, 2.45) is 0 Å². The van der Waals surface area contributed by atoms with Gasteiger partial charge in [0.2, 0.25) is 0 Å². The summed E-state index contributed by atoms with van der Waals surface area (Å²) in [5.41, 5.74) is 1.25. The lowest BCUT2D eigenvalue weighted by Crippen LogP contribution is -2.41. The number of aromatic nitrogens is 1. The van der Waals surface area contributed by atoms with E-state index in [1.807, 2.05) is 26.1 Å². The summed E-state index contributed by atoms with van der Waals surface area (Å²) in [5.74, 6) is 0.926. The largest absolute Gasteiger partial charge is 0.496 e. The zero-order valence-electron chi connectivity index (χ0n) is 14.8. The minimum absolute atomic E-state index is 0.335. The van der Waals surface area contributed by atoms with E-state index in [1.165, 1.54) is 0 Å². The van der Waals surface area contributed by atoms with Crippen LogP contribution >= 0.6 is 0 Å². The third-order valence-electron chi connectivity index (χ3n) is 4.64. The highest BCUT2D eigenvalue weighted by atomic mass is 16.7. The van der Waals surface area contributed by atoms with Crippen LogP contribution in [0.15, 0.2) is 12.1 Å². The Morgan fingerprint density at radius 2 is 1.77 bits per heavy atom. The van der Waals surface area contributed by atoms with E-state index >= 15 is 0 Å². The molecule has 1 aromatic heterocycles. The first kappa shape index (κ1) is 17.3. The van der Waals surface area contributed by atoms with Crippen LogP contribution < -0.4 is 10.4 Å². The van der Waals surface area contributed by atoms with Crippen molar-refractivity contribution in [3.63, 3.8) is 0 Å². The minimum Gasteiger partial charge on any atom is -0.399 e. The molecule has 1 aromatic rings. The number of rotatable bonds is 5. The number of ether oxygens (including phenoxy) is 1. The number of pyridine rings is 1. The van der Waals surface area contributed by atoms with E-state index in [-0.39, 0.29) is 18.3 Å². The van der Waals surface area contributed by atoms with Gasteiger partial charge in [0.15, 0.2) is 0 Å². The molecule has 6 heteroatoms. The maximum Gasteiger partial charge on any atom is 0.496 e. The van der Waals surface area contributed by atoms with E-state index in [2.05, 4.69) is 37.6 Å². The molecule has 1 saturated heterocycles. The number of hydrogen-bond donors (Lipinski definition) is 0. The molecular formula is C16H27BN2O3. The van der Waals surface area contributed by atoms with Gasteiger partial charge in [0, 0.05) is 31.9 Å². The summed E-state index contributed by atoms with van der Waals surface area (Å²) in [5, 5.41) is 0. The zero-order valence-corrected chi connectivity index (χ0v) is 14.8. The molecule has 22 heavy (non-hydrogen) atoms. The predicted molar refractivity (Wildman–Crippen MR) is 89.8 cm³/mol. The van der Waals surface area contributed by atoms with E-state index in [4.69, 9.17) is 14.0 Å². The van der Waals surface area contributed by atoms with Crippen molar-refractivity contribution in [3.8, 4) is 0 Å². The first-order chi connectivity index (χ1) is 10.2. The molecule has 1 aliphatic heterocycles. The third kappa shape index (κ3) is 3.29. The molecule has 0 bridgehead atoms. The van der Waals surface area contributed by atoms with Crippen LogP contribution in [0.1, 0.15) is 33.4 Å². The fourth-order valence-corrected chi connectivity index (χ4v) is 2.33. The van der Waals surface area contributed by atoms with Crippen molar-refractivity contribution in [2.45, 2.75) is 45.8 Å². The Morgan fingerprint density at radius 3 is 2.27 bits per heavy atom. The summed E-state index contributed by atoms with van der Waals surface area (Å²) in [4.78, 5) is 6.75. The van der Waals surface area contributed by atoms with Crippen LogP contribution in [0.4, 0.5) is 5.82 Å². The summed E-state index contributed by atoms with van der Waals surface area (Å²) in [7, 11) is 3.35. The van der Waals surface area contributed by atoms with Crippen LogP contribution in [0.5, 0.6) is 0 Å². The highest BCUT2D eigenvalue weighted by Gasteiger charge is 2.52. The second kappa shape index (κ2) is 6.18. The van der Waals surface area contributed by atoms with Gasteiger partial charge in [-0.3, -0.25) is 0 Å². The first-order valence-electron chi connectivity index (χ1n) is 7.71. The van der Waals surface area contributed by atoms with Crippen LogP contribution in [0, 0.1) is 6.92 Å². The molecule has 5 nitrogen and oxygen atoms in total. The van der Waals surface area contributed by atoms with Gasteiger partial charge in [0.05, 0.1) is 17.8 Å². The highest BCUT2D eigenvalue weighted by molar-refractivity contribution is 6.62. The molecule has 0 radical (unpaired) electrons. The van der Waals surface area contributed by atoms with Gasteiger partial charge < -0.3 is 18.9 Å². The van der Waals surface area contributed by atoms with Gasteiger partial charge in [0.1, 0.15) is 5.82 Å². The lowest BCUT2D eigenvalue weighted by molar-refractivity contribution is 0.00578. The Kier molecular flexibility index (Phi) is 4.85. The van der Waals surface area contributed by atoms with Crippen molar-refractivity contribution in [1.82, 2.24) is 4.98 Å². The lowest BCUT2D eigenvalue weighted by Gasteiger charge is -2.32. The zero-order chi connectivity index (χ0) is 16.5. The van der Waals surface area contributed by atoms with Crippen LogP contribution in [0.2, 0.25) is 0 Å². The lowest BCUT2D eigenvalue weighted by atomic mass is 9.78. The molecule has 1 fully saturated rings. The van der Waals surface area contributed by atoms with E-state index in [1.54, 1.807) is 7.11 Å². The topological polar surface area (TPSA) is 43.8 Å². The number of anilines is 1. The predicted octanol–water partition coefficient (Wildman–Crippen LogP) is 1.77. The summed E-state index contributed by atoms with van der Waals surface area (Å²) in [6.07, 6.45) is 0. The Balaban J connectivity index is 2.18. The number of aryl methyl sites for hydroxylation is 1. The van der Waals surface area contributed by atoms with Gasteiger partial charge in [-0.25, -0.2) is 4.98 Å². The molecule has 2 heterocycles. The molecule has 1 aliphatic rings. The molecule has 0 aromatic carbocycles. The average molecular weight is 306 g/mol. The summed E-state index contributed by atoms with van der Waals surface area (Å²) >= 11 is 0. The maximum atomic E-state index is 6.10. The Labute approximate surface area is 134 Å². The standard InChI is InChI=1S/C16H27BN2O3/c1-12-13(17-21-15(2,3)16(4,5)22-17)8-9-14(18-12)19(6)10-11-20-7/h8-9H,10-11H2,1-7H3. The molecule has 0 saturated carbocycles. The summed E-state index contributed by atoms with van der Waals surface area (Å²) in [6.45, 7) is 11.7. The molecule has 0 amide bonds. The van der Waals surface area contributed by atoms with Gasteiger partial charge in [-0.2, -0.15) is 0 Å². The Bertz CT molecular complexity index is 518. The monoisotopic (exact) mass is 306 g/mol. The van der Waals surface area contributed by atoms with Gasteiger partial charge >= 0.3 is 7.12 Å². The first-order valence-corrected chi connectivity index (χ1v) is 7.71. The molecule has 0 N–H and O–H groups in total. The van der Waals surface area contributed by atoms with E-state index in [9.17, 15) is 0 Å². The smallest absolute Gasteiger partial charge is 0.399 e. The number of methoxy groups -OCH3 is 1. The molecule has 0 unspecified atom stereocenters. The molecule has 122 valence electrons. The van der Waals surface area contributed by atoms with Crippen LogP contribution in [-0.4, -0.2) is 50.6 Å². The van der Waals surface area contributed by atoms with Gasteiger partial charge in [0.25, 0.3) is 0 Å². The Hall–Kier alpha value is -1.11. The van der Waals surface area contributed by atoms with E-state index < -0.39 is 0 Å². The van der Waals surface area contributed by atoms with Crippen LogP contribution in [0.3, 0.4) is 0 Å². The van der Waals surface area contributed by atoms with E-state index in [0.29, 0.717) is 6.61 Å². The van der Waals surface area contributed by atoms with Crippen molar-refractivity contribution < 1.29 is 14.0 Å².